The van der Waals surface area contributed by atoms with Gasteiger partial charge in [0.15, 0.2) is 0 Å². The van der Waals surface area contributed by atoms with Crippen molar-refractivity contribution in [3.8, 4) is 5.75 Å². The van der Waals surface area contributed by atoms with E-state index >= 15 is 0 Å². The predicted molar refractivity (Wildman–Crippen MR) is 136 cm³/mol. The minimum absolute atomic E-state index is 0.337. The van der Waals surface area contributed by atoms with Gasteiger partial charge in [-0.25, -0.2) is 4.79 Å². The lowest BCUT2D eigenvalue weighted by molar-refractivity contribution is -0.128. The summed E-state index contributed by atoms with van der Waals surface area (Å²) in [5.41, 5.74) is 4.95. The molecule has 33 heavy (non-hydrogen) atoms. The highest BCUT2D eigenvalue weighted by molar-refractivity contribution is 7.11. The standard InChI is InChI=1S/C29H31NO2S/c1-19-3-6-21(7-4-19)8-14-28(31)32-26-12-11-22-15-23-9-10-24(16-25(22)17-26)29(23)30-18-27-13-5-20(2)33-27/h3-8,11-14,17,23-24,29-30H,9-10,15-16,18H2,1-2H3/b14-8+/t23?,24-,29+/m0/s1. The fraction of sp³-hybridized carbons (Fsp3) is 0.345. The molecule has 3 atom stereocenters. The molecule has 1 N–H and O–H groups in total. The average molecular weight is 458 g/mol. The number of hydrogen-bond donors (Lipinski definition) is 1. The molecular weight excluding hydrogens is 426 g/mol. The quantitative estimate of drug-likeness (QED) is 0.269. The summed E-state index contributed by atoms with van der Waals surface area (Å²) >= 11 is 1.89. The molecule has 1 unspecified atom stereocenters. The number of aryl methyl sites for hydroxylation is 2. The predicted octanol–water partition coefficient (Wildman–Crippen LogP) is 6.27. The Morgan fingerprint density at radius 1 is 1.00 bits per heavy atom. The number of thiophene rings is 1. The van der Waals surface area contributed by atoms with E-state index in [1.54, 1.807) is 6.08 Å². The summed E-state index contributed by atoms with van der Waals surface area (Å²) in [5, 5.41) is 3.89. The molecular formula is C29H31NO2S. The number of carbonyl (C=O) groups excluding carboxylic acids is 1. The van der Waals surface area contributed by atoms with E-state index in [-0.39, 0.29) is 5.97 Å². The maximum Gasteiger partial charge on any atom is 0.336 e. The maximum absolute atomic E-state index is 12.4. The van der Waals surface area contributed by atoms with Crippen molar-refractivity contribution in [2.45, 2.75) is 52.1 Å². The number of carbonyl (C=O) groups is 1. The van der Waals surface area contributed by atoms with E-state index in [2.05, 4.69) is 43.4 Å². The number of nitrogens with one attached hydrogen (secondary N) is 1. The van der Waals surface area contributed by atoms with Gasteiger partial charge in [-0.15, -0.1) is 11.3 Å². The van der Waals surface area contributed by atoms with E-state index in [1.165, 1.54) is 45.4 Å². The third-order valence-corrected chi connectivity index (χ3v) is 8.08. The van der Waals surface area contributed by atoms with Crippen LogP contribution in [0.2, 0.25) is 0 Å². The van der Waals surface area contributed by atoms with Crippen molar-refractivity contribution in [1.29, 1.82) is 0 Å². The van der Waals surface area contributed by atoms with E-state index < -0.39 is 0 Å². The molecule has 2 aromatic carbocycles. The molecule has 1 saturated carbocycles. The second-order valence-electron chi connectivity index (χ2n) is 9.52. The zero-order valence-electron chi connectivity index (χ0n) is 19.3. The molecule has 0 aliphatic heterocycles. The molecule has 0 saturated heterocycles. The fourth-order valence-electron chi connectivity index (χ4n) is 5.37. The Bertz CT molecular complexity index is 1160. The molecule has 3 nitrogen and oxygen atoms in total. The van der Waals surface area contributed by atoms with Gasteiger partial charge in [-0.05, 0) is 98.4 Å². The number of esters is 1. The summed E-state index contributed by atoms with van der Waals surface area (Å²) in [7, 11) is 0. The lowest BCUT2D eigenvalue weighted by Crippen LogP contribution is -2.37. The molecule has 1 heterocycles. The highest BCUT2D eigenvalue weighted by Gasteiger charge is 2.38. The van der Waals surface area contributed by atoms with Crippen LogP contribution in [0.4, 0.5) is 0 Å². The lowest BCUT2D eigenvalue weighted by atomic mass is 9.93. The molecule has 2 bridgehead atoms. The minimum atomic E-state index is -0.337. The number of hydrogen-bond acceptors (Lipinski definition) is 4. The smallest absolute Gasteiger partial charge is 0.336 e. The summed E-state index contributed by atoms with van der Waals surface area (Å²) in [6, 6.07) is 19.3. The molecule has 170 valence electrons. The molecule has 2 aliphatic rings. The third kappa shape index (κ3) is 5.29. The van der Waals surface area contributed by atoms with E-state index in [1.807, 2.05) is 41.7 Å². The zero-order valence-corrected chi connectivity index (χ0v) is 20.2. The van der Waals surface area contributed by atoms with Crippen molar-refractivity contribution in [1.82, 2.24) is 5.32 Å². The Kier molecular flexibility index (Phi) is 6.48. The maximum atomic E-state index is 12.4. The number of ether oxygens (including phenoxy) is 1. The normalized spacial score (nSPS) is 21.7. The van der Waals surface area contributed by atoms with Gasteiger partial charge < -0.3 is 10.1 Å². The molecule has 4 heteroatoms. The first-order chi connectivity index (χ1) is 16.0. The summed E-state index contributed by atoms with van der Waals surface area (Å²) < 4.78 is 5.64. The Morgan fingerprint density at radius 2 is 1.76 bits per heavy atom. The minimum Gasteiger partial charge on any atom is -0.423 e. The molecule has 0 radical (unpaired) electrons. The van der Waals surface area contributed by atoms with Gasteiger partial charge in [0.25, 0.3) is 0 Å². The van der Waals surface area contributed by atoms with Gasteiger partial charge in [0.2, 0.25) is 0 Å². The van der Waals surface area contributed by atoms with Crippen LogP contribution in [0.3, 0.4) is 0 Å². The van der Waals surface area contributed by atoms with Crippen LogP contribution in [0.5, 0.6) is 5.75 Å². The second-order valence-corrected chi connectivity index (χ2v) is 10.9. The van der Waals surface area contributed by atoms with Crippen LogP contribution in [0.1, 0.15) is 44.8 Å². The largest absolute Gasteiger partial charge is 0.423 e. The van der Waals surface area contributed by atoms with Crippen molar-refractivity contribution < 1.29 is 9.53 Å². The first-order valence-electron chi connectivity index (χ1n) is 11.9. The summed E-state index contributed by atoms with van der Waals surface area (Å²) in [6.45, 7) is 5.18. The first-order valence-corrected chi connectivity index (χ1v) is 12.7. The van der Waals surface area contributed by atoms with E-state index in [0.29, 0.717) is 23.6 Å². The molecule has 1 aromatic heterocycles. The van der Waals surface area contributed by atoms with Crippen LogP contribution in [-0.2, 0) is 24.2 Å². The van der Waals surface area contributed by atoms with Gasteiger partial charge in [-0.3, -0.25) is 0 Å². The molecule has 2 aliphatic carbocycles. The van der Waals surface area contributed by atoms with Gasteiger partial charge >= 0.3 is 5.97 Å². The average Bonchev–Trinajstić information content (AvgIpc) is 3.34. The van der Waals surface area contributed by atoms with E-state index in [9.17, 15) is 4.79 Å². The topological polar surface area (TPSA) is 38.3 Å². The fourth-order valence-corrected chi connectivity index (χ4v) is 6.22. The van der Waals surface area contributed by atoms with Crippen molar-refractivity contribution in [3.05, 3.63) is 92.7 Å². The summed E-state index contributed by atoms with van der Waals surface area (Å²) in [5.74, 6) is 1.63. The van der Waals surface area contributed by atoms with Crippen LogP contribution in [0.25, 0.3) is 6.08 Å². The van der Waals surface area contributed by atoms with Crippen molar-refractivity contribution in [3.63, 3.8) is 0 Å². The van der Waals surface area contributed by atoms with E-state index in [0.717, 1.165) is 24.9 Å². The Hall–Kier alpha value is -2.69. The highest BCUT2D eigenvalue weighted by atomic mass is 32.1. The number of rotatable bonds is 6. The van der Waals surface area contributed by atoms with Crippen LogP contribution in [0.15, 0.2) is 60.7 Å². The van der Waals surface area contributed by atoms with Crippen molar-refractivity contribution in [2.24, 2.45) is 11.8 Å². The number of benzene rings is 2. The molecule has 0 spiro atoms. The van der Waals surface area contributed by atoms with Gasteiger partial charge in [0, 0.05) is 28.4 Å². The summed E-state index contributed by atoms with van der Waals surface area (Å²) in [4.78, 5) is 15.2. The number of fused-ring (bicyclic) bond motifs is 3. The van der Waals surface area contributed by atoms with E-state index in [4.69, 9.17) is 4.74 Å². The molecule has 0 amide bonds. The summed E-state index contributed by atoms with van der Waals surface area (Å²) in [6.07, 6.45) is 8.03. The second kappa shape index (κ2) is 9.66. The van der Waals surface area contributed by atoms with Crippen LogP contribution in [0, 0.1) is 25.7 Å². The van der Waals surface area contributed by atoms with Crippen LogP contribution in [-0.4, -0.2) is 12.0 Å². The first kappa shape index (κ1) is 22.1. The SMILES string of the molecule is Cc1ccc(/C=C/C(=O)Oc2ccc3c(c2)C[C@@H]2CCC(C3)[C@H]2NCc2ccc(C)s2)cc1. The van der Waals surface area contributed by atoms with Gasteiger partial charge in [-0.2, -0.15) is 0 Å². The molecule has 1 fully saturated rings. The molecule has 3 aromatic rings. The van der Waals surface area contributed by atoms with Gasteiger partial charge in [-0.1, -0.05) is 35.9 Å². The Balaban J connectivity index is 1.23. The van der Waals surface area contributed by atoms with Crippen molar-refractivity contribution in [2.75, 3.05) is 0 Å². The lowest BCUT2D eigenvalue weighted by Gasteiger charge is -2.23. The van der Waals surface area contributed by atoms with Gasteiger partial charge in [0.1, 0.15) is 5.75 Å². The Morgan fingerprint density at radius 3 is 2.48 bits per heavy atom. The highest BCUT2D eigenvalue weighted by Crippen LogP contribution is 2.41. The molecule has 5 rings (SSSR count). The Labute approximate surface area is 200 Å². The van der Waals surface area contributed by atoms with Crippen molar-refractivity contribution >= 4 is 23.4 Å². The monoisotopic (exact) mass is 457 g/mol. The van der Waals surface area contributed by atoms with Crippen LogP contribution < -0.4 is 10.1 Å². The third-order valence-electron chi connectivity index (χ3n) is 7.08. The van der Waals surface area contributed by atoms with Gasteiger partial charge in [0.05, 0.1) is 0 Å². The van der Waals surface area contributed by atoms with Crippen LogP contribution >= 0.6 is 11.3 Å². The zero-order chi connectivity index (χ0) is 22.8.